The number of Topliss-reactive ketones (excluding diaryl/α,β-unsaturated/α-hetero) is 1. The van der Waals surface area contributed by atoms with Crippen LogP contribution in [0.25, 0.3) is 0 Å². The molecule has 4 aliphatic carbocycles. The van der Waals surface area contributed by atoms with Crippen molar-refractivity contribution < 1.29 is 14.3 Å². The number of hydrogen-bond acceptors (Lipinski definition) is 3. The molecule has 2 bridgehead atoms. The Morgan fingerprint density at radius 2 is 1.92 bits per heavy atom. The Bertz CT molecular complexity index is 637. The third-order valence-corrected chi connectivity index (χ3v) is 8.70. The number of fused-ring (bicyclic) bond motifs is 3. The maximum atomic E-state index is 13.2. The second-order valence-corrected chi connectivity index (χ2v) is 9.93. The number of carbonyl (C=O) groups excluding carboxylic acids is 2. The van der Waals surface area contributed by atoms with Gasteiger partial charge in [-0.3, -0.25) is 9.59 Å². The fourth-order valence-electron chi connectivity index (χ4n) is 7.69. The van der Waals surface area contributed by atoms with Crippen LogP contribution in [0.1, 0.15) is 72.1 Å². The fourth-order valence-corrected chi connectivity index (χ4v) is 7.69. The van der Waals surface area contributed by atoms with Crippen molar-refractivity contribution in [2.24, 2.45) is 34.0 Å². The molecule has 1 spiro atoms. The summed E-state index contributed by atoms with van der Waals surface area (Å²) in [5.74, 6) is 1.69. The summed E-state index contributed by atoms with van der Waals surface area (Å²) in [6.45, 7) is 11.0. The van der Waals surface area contributed by atoms with E-state index in [1.54, 1.807) is 0 Å². The Morgan fingerprint density at radius 3 is 2.64 bits per heavy atom. The van der Waals surface area contributed by atoms with Gasteiger partial charge in [-0.15, -0.1) is 0 Å². The summed E-state index contributed by atoms with van der Waals surface area (Å²) in [5.41, 5.74) is 1.04. The van der Waals surface area contributed by atoms with Crippen LogP contribution in [0, 0.1) is 34.0 Å². The molecular formula is C22H32O3. The molecular weight excluding hydrogens is 312 g/mol. The summed E-state index contributed by atoms with van der Waals surface area (Å²) in [5, 5.41) is 0. The average Bonchev–Trinajstić information content (AvgIpc) is 2.73. The van der Waals surface area contributed by atoms with E-state index in [0.29, 0.717) is 30.1 Å². The van der Waals surface area contributed by atoms with Gasteiger partial charge >= 0.3 is 5.97 Å². The van der Waals surface area contributed by atoms with E-state index < -0.39 is 0 Å². The number of carbonyl (C=O) groups is 2. The van der Waals surface area contributed by atoms with Crippen LogP contribution in [0.3, 0.4) is 0 Å². The molecule has 4 fully saturated rings. The van der Waals surface area contributed by atoms with Crippen molar-refractivity contribution in [2.45, 2.75) is 72.1 Å². The zero-order chi connectivity index (χ0) is 18.0. The molecule has 0 unspecified atom stereocenters. The van der Waals surface area contributed by atoms with Gasteiger partial charge in [-0.2, -0.15) is 0 Å². The molecule has 0 saturated heterocycles. The van der Waals surface area contributed by atoms with E-state index in [0.717, 1.165) is 37.7 Å². The second kappa shape index (κ2) is 5.44. The molecule has 0 aromatic heterocycles. The predicted octanol–water partition coefficient (Wildman–Crippen LogP) is 4.70. The molecule has 0 N–H and O–H groups in total. The lowest BCUT2D eigenvalue weighted by Gasteiger charge is -2.63. The molecule has 138 valence electrons. The van der Waals surface area contributed by atoms with Crippen molar-refractivity contribution in [1.29, 1.82) is 0 Å². The van der Waals surface area contributed by atoms with E-state index in [-0.39, 0.29) is 22.2 Å². The minimum absolute atomic E-state index is 0.0514. The third kappa shape index (κ3) is 2.23. The van der Waals surface area contributed by atoms with Crippen LogP contribution < -0.4 is 0 Å². The van der Waals surface area contributed by atoms with Crippen molar-refractivity contribution in [3.63, 3.8) is 0 Å². The van der Waals surface area contributed by atoms with Gasteiger partial charge in [0.25, 0.3) is 0 Å². The normalized spacial score (nSPS) is 48.7. The van der Waals surface area contributed by atoms with Crippen LogP contribution in [0.2, 0.25) is 0 Å². The van der Waals surface area contributed by atoms with E-state index in [1.165, 1.54) is 26.2 Å². The standard InChI is InChI=1S/C22H32O3/c1-14-16-6-7-18-21(4)10-5-9-20(3,13-25-15(2)23)17(21)8-11-22(18,12-16)19(14)24/h16-18H,1,5-13H2,2-4H3/t16-,17-,18+,20-,21-,22-/m1/s1. The van der Waals surface area contributed by atoms with Gasteiger partial charge in [-0.05, 0) is 73.7 Å². The molecule has 4 rings (SSSR count). The lowest BCUT2D eigenvalue weighted by Crippen LogP contribution is -2.58. The number of hydrogen-bond donors (Lipinski definition) is 0. The molecule has 25 heavy (non-hydrogen) atoms. The maximum Gasteiger partial charge on any atom is 0.302 e. The fraction of sp³-hybridized carbons (Fsp3) is 0.818. The summed E-state index contributed by atoms with van der Waals surface area (Å²) in [4.78, 5) is 24.6. The molecule has 0 aromatic rings. The van der Waals surface area contributed by atoms with Gasteiger partial charge < -0.3 is 4.74 Å². The van der Waals surface area contributed by atoms with Gasteiger partial charge in [-0.25, -0.2) is 0 Å². The van der Waals surface area contributed by atoms with Crippen molar-refractivity contribution in [2.75, 3.05) is 6.61 Å². The van der Waals surface area contributed by atoms with Gasteiger partial charge in [0, 0.05) is 17.8 Å². The van der Waals surface area contributed by atoms with Crippen molar-refractivity contribution in [3.05, 3.63) is 12.2 Å². The molecule has 0 heterocycles. The highest BCUT2D eigenvalue weighted by Gasteiger charge is 2.66. The maximum absolute atomic E-state index is 13.2. The smallest absolute Gasteiger partial charge is 0.302 e. The zero-order valence-electron chi connectivity index (χ0n) is 16.0. The Labute approximate surface area is 151 Å². The van der Waals surface area contributed by atoms with Gasteiger partial charge in [0.05, 0.1) is 6.61 Å². The topological polar surface area (TPSA) is 43.4 Å². The molecule has 6 atom stereocenters. The third-order valence-electron chi connectivity index (χ3n) is 8.70. The Morgan fingerprint density at radius 1 is 1.16 bits per heavy atom. The monoisotopic (exact) mass is 344 g/mol. The van der Waals surface area contributed by atoms with E-state index in [4.69, 9.17) is 4.74 Å². The van der Waals surface area contributed by atoms with Crippen molar-refractivity contribution >= 4 is 11.8 Å². The Hall–Kier alpha value is -1.12. The minimum Gasteiger partial charge on any atom is -0.465 e. The number of esters is 1. The summed E-state index contributed by atoms with van der Waals surface area (Å²) in [6.07, 6.45) is 8.99. The summed E-state index contributed by atoms with van der Waals surface area (Å²) >= 11 is 0. The van der Waals surface area contributed by atoms with Gasteiger partial charge in [-0.1, -0.05) is 26.8 Å². The van der Waals surface area contributed by atoms with Crippen LogP contribution in [-0.4, -0.2) is 18.4 Å². The molecule has 0 aliphatic heterocycles. The van der Waals surface area contributed by atoms with Gasteiger partial charge in [0.2, 0.25) is 0 Å². The number of ketones is 1. The van der Waals surface area contributed by atoms with E-state index in [2.05, 4.69) is 20.4 Å². The molecule has 3 heteroatoms. The summed E-state index contributed by atoms with van der Waals surface area (Å²) < 4.78 is 5.49. The molecule has 4 saturated carbocycles. The summed E-state index contributed by atoms with van der Waals surface area (Å²) in [7, 11) is 0. The highest BCUT2D eigenvalue weighted by Crippen LogP contribution is 2.71. The molecule has 0 radical (unpaired) electrons. The Balaban J connectivity index is 1.69. The second-order valence-electron chi connectivity index (χ2n) is 9.93. The van der Waals surface area contributed by atoms with Crippen molar-refractivity contribution in [3.8, 4) is 0 Å². The molecule has 4 aliphatic rings. The minimum atomic E-state index is -0.177. The number of allylic oxidation sites excluding steroid dienone is 1. The van der Waals surface area contributed by atoms with E-state index >= 15 is 0 Å². The lowest BCUT2D eigenvalue weighted by molar-refractivity contribution is -0.176. The van der Waals surface area contributed by atoms with Gasteiger partial charge in [0.1, 0.15) is 0 Å². The highest BCUT2D eigenvalue weighted by molar-refractivity contribution is 6.03. The zero-order valence-corrected chi connectivity index (χ0v) is 16.0. The first-order valence-corrected chi connectivity index (χ1v) is 10.1. The average molecular weight is 344 g/mol. The van der Waals surface area contributed by atoms with Crippen LogP contribution in [0.5, 0.6) is 0 Å². The largest absolute Gasteiger partial charge is 0.465 e. The SMILES string of the molecule is C=C1C(=O)[C@@]23CC[C@@H]4[C@@](C)(COC(C)=O)CCC[C@@]4(C)[C@@H]2CC[C@@H]1C3. The predicted molar refractivity (Wildman–Crippen MR) is 96.8 cm³/mol. The lowest BCUT2D eigenvalue weighted by atomic mass is 9.41. The van der Waals surface area contributed by atoms with Crippen LogP contribution in [0.4, 0.5) is 0 Å². The molecule has 0 amide bonds. The van der Waals surface area contributed by atoms with Crippen molar-refractivity contribution in [1.82, 2.24) is 0 Å². The van der Waals surface area contributed by atoms with Gasteiger partial charge in [0.15, 0.2) is 5.78 Å². The van der Waals surface area contributed by atoms with Crippen LogP contribution in [0.15, 0.2) is 12.2 Å². The first kappa shape index (κ1) is 17.3. The molecule has 0 aromatic carbocycles. The van der Waals surface area contributed by atoms with E-state index in [1.807, 2.05) is 0 Å². The quantitative estimate of drug-likeness (QED) is 0.539. The van der Waals surface area contributed by atoms with E-state index in [9.17, 15) is 9.59 Å². The molecule has 3 nitrogen and oxygen atoms in total. The Kier molecular flexibility index (Phi) is 3.76. The first-order valence-electron chi connectivity index (χ1n) is 10.1. The number of rotatable bonds is 2. The van der Waals surface area contributed by atoms with Crippen LogP contribution >= 0.6 is 0 Å². The highest BCUT2D eigenvalue weighted by atomic mass is 16.5. The first-order chi connectivity index (χ1) is 11.7. The number of ether oxygens (including phenoxy) is 1. The van der Waals surface area contributed by atoms with Crippen LogP contribution in [-0.2, 0) is 14.3 Å². The summed E-state index contributed by atoms with van der Waals surface area (Å²) in [6, 6.07) is 0.